The van der Waals surface area contributed by atoms with E-state index in [2.05, 4.69) is 10.2 Å². The second kappa shape index (κ2) is 9.91. The molecule has 1 fully saturated rings. The van der Waals surface area contributed by atoms with Crippen LogP contribution in [-0.4, -0.2) is 43.4 Å². The molecule has 1 atom stereocenters. The van der Waals surface area contributed by atoms with Crippen molar-refractivity contribution in [3.05, 3.63) is 30.3 Å². The minimum Gasteiger partial charge on any atom is -0.460 e. The lowest BCUT2D eigenvalue weighted by molar-refractivity contribution is -0.155. The first-order valence-corrected chi connectivity index (χ1v) is 8.80. The van der Waals surface area contributed by atoms with Crippen molar-refractivity contribution in [1.82, 2.24) is 0 Å². The maximum absolute atomic E-state index is 12.8. The van der Waals surface area contributed by atoms with Crippen molar-refractivity contribution >= 4 is 23.2 Å². The normalized spacial score (nSPS) is 21.3. The number of methoxy groups -OCH3 is 1. The van der Waals surface area contributed by atoms with Gasteiger partial charge in [-0.25, -0.2) is 4.79 Å². The van der Waals surface area contributed by atoms with Gasteiger partial charge in [0.15, 0.2) is 11.8 Å². The third kappa shape index (κ3) is 5.29. The zero-order chi connectivity index (χ0) is 18.9. The zero-order valence-corrected chi connectivity index (χ0v) is 15.1. The fourth-order valence-corrected chi connectivity index (χ4v) is 2.98. The third-order valence-electron chi connectivity index (χ3n) is 4.45. The number of ether oxygens (including phenoxy) is 2. The van der Waals surface area contributed by atoms with Gasteiger partial charge in [-0.1, -0.05) is 18.2 Å². The molecule has 0 heterocycles. The molecule has 0 N–H and O–H groups in total. The van der Waals surface area contributed by atoms with Gasteiger partial charge in [0.25, 0.3) is 5.78 Å². The van der Waals surface area contributed by atoms with E-state index in [1.54, 1.807) is 38.3 Å². The summed E-state index contributed by atoms with van der Waals surface area (Å²) in [6.45, 7) is 1.65. The number of esters is 1. The molecular formula is C19H24N2O5. The van der Waals surface area contributed by atoms with E-state index in [4.69, 9.17) is 9.47 Å². The zero-order valence-electron chi connectivity index (χ0n) is 15.1. The Kier molecular flexibility index (Phi) is 7.59. The SMILES string of the molecule is CCOC(=O)C(=O)C(N=Nc1ccccc1)C(=O)C1CCC(OC)CC1. The molecule has 0 aliphatic heterocycles. The summed E-state index contributed by atoms with van der Waals surface area (Å²) in [5.41, 5.74) is 0.505. The Hall–Kier alpha value is -2.41. The van der Waals surface area contributed by atoms with Crippen LogP contribution >= 0.6 is 0 Å². The largest absolute Gasteiger partial charge is 0.460 e. The van der Waals surface area contributed by atoms with Crippen LogP contribution in [0, 0.1) is 5.92 Å². The maximum Gasteiger partial charge on any atom is 0.377 e. The Labute approximate surface area is 152 Å². The molecule has 1 aliphatic carbocycles. The molecule has 0 radical (unpaired) electrons. The molecule has 1 aliphatic rings. The predicted octanol–water partition coefficient (Wildman–Crippen LogP) is 3.05. The van der Waals surface area contributed by atoms with Crippen molar-refractivity contribution in [2.24, 2.45) is 16.1 Å². The lowest BCUT2D eigenvalue weighted by Gasteiger charge is -2.27. The van der Waals surface area contributed by atoms with Crippen LogP contribution in [0.5, 0.6) is 0 Å². The number of hydrogen-bond acceptors (Lipinski definition) is 7. The second-order valence-electron chi connectivity index (χ2n) is 6.15. The Balaban J connectivity index is 2.16. The number of ketones is 2. The van der Waals surface area contributed by atoms with E-state index in [1.807, 2.05) is 6.07 Å². The van der Waals surface area contributed by atoms with Crippen LogP contribution in [0.25, 0.3) is 0 Å². The Bertz CT molecular complexity index is 651. The smallest absolute Gasteiger partial charge is 0.377 e. The number of hydrogen-bond donors (Lipinski definition) is 0. The summed E-state index contributed by atoms with van der Waals surface area (Å²) >= 11 is 0. The fourth-order valence-electron chi connectivity index (χ4n) is 2.98. The summed E-state index contributed by atoms with van der Waals surface area (Å²) in [5.74, 6) is -2.73. The van der Waals surface area contributed by atoms with E-state index in [0.717, 1.165) is 12.8 Å². The van der Waals surface area contributed by atoms with Crippen LogP contribution in [-0.2, 0) is 23.9 Å². The Morgan fingerprint density at radius 1 is 1.12 bits per heavy atom. The van der Waals surface area contributed by atoms with Crippen molar-refractivity contribution in [3.63, 3.8) is 0 Å². The van der Waals surface area contributed by atoms with Gasteiger partial charge >= 0.3 is 5.97 Å². The average molecular weight is 360 g/mol. The van der Waals surface area contributed by atoms with Gasteiger partial charge in [0.2, 0.25) is 0 Å². The minimum atomic E-state index is -1.46. The Morgan fingerprint density at radius 2 is 1.77 bits per heavy atom. The molecule has 1 unspecified atom stereocenters. The number of azo groups is 1. The van der Waals surface area contributed by atoms with E-state index in [1.165, 1.54) is 0 Å². The van der Waals surface area contributed by atoms with Crippen molar-refractivity contribution in [1.29, 1.82) is 0 Å². The van der Waals surface area contributed by atoms with Crippen LogP contribution in [0.4, 0.5) is 5.69 Å². The molecule has 1 saturated carbocycles. The van der Waals surface area contributed by atoms with Gasteiger partial charge in [-0.15, -0.1) is 0 Å². The highest BCUT2D eigenvalue weighted by Crippen LogP contribution is 2.28. The van der Waals surface area contributed by atoms with Crippen molar-refractivity contribution in [2.75, 3.05) is 13.7 Å². The lowest BCUT2D eigenvalue weighted by Crippen LogP contribution is -2.40. The molecule has 140 valence electrons. The van der Waals surface area contributed by atoms with Crippen LogP contribution in [0.3, 0.4) is 0 Å². The first-order chi connectivity index (χ1) is 12.6. The maximum atomic E-state index is 12.8. The van der Waals surface area contributed by atoms with Crippen LogP contribution < -0.4 is 0 Å². The lowest BCUT2D eigenvalue weighted by atomic mass is 9.82. The summed E-state index contributed by atoms with van der Waals surface area (Å²) in [6, 6.07) is 7.29. The molecule has 2 rings (SSSR count). The van der Waals surface area contributed by atoms with Crippen LogP contribution in [0.15, 0.2) is 40.6 Å². The van der Waals surface area contributed by atoms with Gasteiger partial charge in [0.05, 0.1) is 18.4 Å². The Morgan fingerprint density at radius 3 is 2.35 bits per heavy atom. The summed E-state index contributed by atoms with van der Waals surface area (Å²) in [4.78, 5) is 37.1. The van der Waals surface area contributed by atoms with E-state index in [0.29, 0.717) is 18.5 Å². The van der Waals surface area contributed by atoms with Crippen molar-refractivity contribution < 1.29 is 23.9 Å². The van der Waals surface area contributed by atoms with Crippen LogP contribution in [0.1, 0.15) is 32.6 Å². The number of Topliss-reactive ketones (excluding diaryl/α,β-unsaturated/α-hetero) is 2. The summed E-state index contributed by atoms with van der Waals surface area (Å²) in [5, 5.41) is 7.87. The molecule has 0 spiro atoms. The second-order valence-corrected chi connectivity index (χ2v) is 6.15. The first kappa shape index (κ1) is 19.9. The summed E-state index contributed by atoms with van der Waals surface area (Å²) < 4.78 is 10.1. The van der Waals surface area contributed by atoms with Crippen molar-refractivity contribution in [2.45, 2.75) is 44.8 Å². The molecule has 1 aromatic rings. The van der Waals surface area contributed by atoms with E-state index in [-0.39, 0.29) is 24.4 Å². The average Bonchev–Trinajstić information content (AvgIpc) is 2.68. The molecule has 7 nitrogen and oxygen atoms in total. The number of carbonyl (C=O) groups is 3. The van der Waals surface area contributed by atoms with E-state index >= 15 is 0 Å². The highest BCUT2D eigenvalue weighted by atomic mass is 16.5. The third-order valence-corrected chi connectivity index (χ3v) is 4.45. The van der Waals surface area contributed by atoms with Gasteiger partial charge in [-0.2, -0.15) is 10.2 Å². The molecule has 1 aromatic carbocycles. The van der Waals surface area contributed by atoms with Gasteiger partial charge < -0.3 is 9.47 Å². The minimum absolute atomic E-state index is 0.0558. The molecule has 0 amide bonds. The standard InChI is InChI=1S/C19H24N2O5/c1-3-26-19(24)18(23)16(21-20-14-7-5-4-6-8-14)17(22)13-9-11-15(25-2)12-10-13/h4-8,13,15-16H,3,9-12H2,1-2H3. The quantitative estimate of drug-likeness (QED) is 0.307. The predicted molar refractivity (Wildman–Crippen MR) is 94.1 cm³/mol. The van der Waals surface area contributed by atoms with E-state index < -0.39 is 17.8 Å². The monoisotopic (exact) mass is 360 g/mol. The molecule has 26 heavy (non-hydrogen) atoms. The van der Waals surface area contributed by atoms with Gasteiger partial charge in [0.1, 0.15) is 0 Å². The molecule has 0 saturated heterocycles. The molecular weight excluding hydrogens is 336 g/mol. The highest BCUT2D eigenvalue weighted by molar-refractivity contribution is 6.40. The highest BCUT2D eigenvalue weighted by Gasteiger charge is 2.38. The number of benzene rings is 1. The summed E-state index contributed by atoms with van der Waals surface area (Å²) in [7, 11) is 1.65. The summed E-state index contributed by atoms with van der Waals surface area (Å²) in [6.07, 6.45) is 2.81. The number of rotatable bonds is 8. The molecule has 0 bridgehead atoms. The van der Waals surface area contributed by atoms with Gasteiger partial charge in [0, 0.05) is 13.0 Å². The van der Waals surface area contributed by atoms with Gasteiger partial charge in [-0.05, 0) is 44.7 Å². The van der Waals surface area contributed by atoms with Crippen molar-refractivity contribution in [3.8, 4) is 0 Å². The molecule has 0 aromatic heterocycles. The van der Waals surface area contributed by atoms with Crippen LogP contribution in [0.2, 0.25) is 0 Å². The number of carbonyl (C=O) groups excluding carboxylic acids is 3. The topological polar surface area (TPSA) is 94.4 Å². The number of nitrogens with zero attached hydrogens (tertiary/aromatic N) is 2. The fraction of sp³-hybridized carbons (Fsp3) is 0.526. The first-order valence-electron chi connectivity index (χ1n) is 8.80. The molecule has 7 heteroatoms. The van der Waals surface area contributed by atoms with E-state index in [9.17, 15) is 14.4 Å². The van der Waals surface area contributed by atoms with Gasteiger partial charge in [-0.3, -0.25) is 9.59 Å².